The average Bonchev–Trinajstić information content (AvgIpc) is 1.84. The van der Waals surface area contributed by atoms with E-state index in [1.165, 1.54) is 0 Å². The molecule has 0 N–H and O–H groups in total. The summed E-state index contributed by atoms with van der Waals surface area (Å²) in [5.74, 6) is -2.77. The van der Waals surface area contributed by atoms with Gasteiger partial charge in [0.05, 0.1) is 0 Å². The van der Waals surface area contributed by atoms with Crippen LogP contribution in [-0.4, -0.2) is 10.2 Å². The van der Waals surface area contributed by atoms with Crippen LogP contribution in [0.15, 0.2) is 12.1 Å². The number of hydrogen-bond acceptors (Lipinski definition) is 0. The summed E-state index contributed by atoms with van der Waals surface area (Å²) in [5, 5.41) is 0.249. The van der Waals surface area contributed by atoms with Gasteiger partial charge < -0.3 is 0 Å². The quantitative estimate of drug-likeness (QED) is 0.375. The Hall–Kier alpha value is -0.773. The summed E-state index contributed by atoms with van der Waals surface area (Å²) < 4.78 is 36.8. The van der Waals surface area contributed by atoms with Gasteiger partial charge in [-0.1, -0.05) is 0 Å². The lowest BCUT2D eigenvalue weighted by Crippen LogP contribution is -2.10. The highest BCUT2D eigenvalue weighted by Gasteiger charge is 2.04. The van der Waals surface area contributed by atoms with Gasteiger partial charge in [-0.25, -0.2) is 13.2 Å². The van der Waals surface area contributed by atoms with E-state index in [0.717, 1.165) is 6.07 Å². The molecule has 4 heteroatoms. The molecule has 0 aliphatic carbocycles. The van der Waals surface area contributed by atoms with Crippen LogP contribution < -0.4 is 5.19 Å². The molecule has 1 aromatic rings. The molecule has 0 aliphatic rings. The summed E-state index contributed by atoms with van der Waals surface area (Å²) in [6.07, 6.45) is 0. The molecule has 0 radical (unpaired) electrons. The van der Waals surface area contributed by atoms with Crippen LogP contribution in [0.5, 0.6) is 0 Å². The van der Waals surface area contributed by atoms with Crippen LogP contribution in [0, 0.1) is 17.5 Å². The van der Waals surface area contributed by atoms with E-state index >= 15 is 0 Å². The van der Waals surface area contributed by atoms with Crippen molar-refractivity contribution < 1.29 is 13.2 Å². The standard InChI is InChI=1S/C6H5F3Si/c7-3-1-5(9)6(10)2-4(3)8/h1-2H,10H3. The zero-order valence-corrected chi connectivity index (χ0v) is 7.29. The first-order valence-corrected chi connectivity index (χ1v) is 3.72. The molecule has 0 unspecified atom stereocenters. The lowest BCUT2D eigenvalue weighted by Gasteiger charge is -1.95. The van der Waals surface area contributed by atoms with Crippen LogP contribution in [0.25, 0.3) is 0 Å². The van der Waals surface area contributed by atoms with Gasteiger partial charge in [-0.15, -0.1) is 0 Å². The van der Waals surface area contributed by atoms with Gasteiger partial charge in [0.25, 0.3) is 0 Å². The van der Waals surface area contributed by atoms with Crippen molar-refractivity contribution >= 4 is 15.4 Å². The van der Waals surface area contributed by atoms with Gasteiger partial charge in [-0.05, 0) is 11.3 Å². The van der Waals surface area contributed by atoms with E-state index in [9.17, 15) is 13.2 Å². The second-order valence-electron chi connectivity index (χ2n) is 2.02. The summed E-state index contributed by atoms with van der Waals surface area (Å²) in [4.78, 5) is 0. The second kappa shape index (κ2) is 2.46. The normalized spacial score (nSPS) is 10.3. The van der Waals surface area contributed by atoms with Crippen LogP contribution in [-0.2, 0) is 0 Å². The first-order chi connectivity index (χ1) is 4.61. The molecule has 0 amide bonds. The van der Waals surface area contributed by atoms with Gasteiger partial charge in [0.15, 0.2) is 11.6 Å². The van der Waals surface area contributed by atoms with E-state index in [1.807, 2.05) is 0 Å². The minimum absolute atomic E-state index is 0.249. The fraction of sp³-hybridized carbons (Fsp3) is 0. The van der Waals surface area contributed by atoms with E-state index < -0.39 is 17.5 Å². The summed E-state index contributed by atoms with van der Waals surface area (Å²) in [5.41, 5.74) is 0. The Labute approximate surface area is 59.1 Å². The molecule has 1 aromatic carbocycles. The van der Waals surface area contributed by atoms with Crippen molar-refractivity contribution in [3.05, 3.63) is 29.6 Å². The molecule has 1 rings (SSSR count). The van der Waals surface area contributed by atoms with Gasteiger partial charge in [0.1, 0.15) is 5.82 Å². The fourth-order valence-electron chi connectivity index (χ4n) is 0.622. The Balaban J connectivity index is 3.28. The molecule has 54 valence electrons. The van der Waals surface area contributed by atoms with Crippen LogP contribution in [0.2, 0.25) is 0 Å². The highest BCUT2D eigenvalue weighted by Crippen LogP contribution is 2.03. The SMILES string of the molecule is Fc1cc(F)c([SiH3])cc1F. The molecule has 0 spiro atoms. The summed E-state index contributed by atoms with van der Waals surface area (Å²) >= 11 is 0. The van der Waals surface area contributed by atoms with Crippen molar-refractivity contribution in [1.29, 1.82) is 0 Å². The van der Waals surface area contributed by atoms with E-state index in [-0.39, 0.29) is 5.19 Å². The van der Waals surface area contributed by atoms with Crippen LogP contribution >= 0.6 is 0 Å². The van der Waals surface area contributed by atoms with Crippen molar-refractivity contribution in [2.24, 2.45) is 0 Å². The molecule has 0 fully saturated rings. The number of halogens is 3. The first kappa shape index (κ1) is 7.34. The molecule has 0 saturated carbocycles. The van der Waals surface area contributed by atoms with Crippen molar-refractivity contribution in [1.82, 2.24) is 0 Å². The predicted octanol–water partition coefficient (Wildman–Crippen LogP) is 0.0946. The number of benzene rings is 1. The van der Waals surface area contributed by atoms with E-state index in [0.29, 0.717) is 16.3 Å². The maximum atomic E-state index is 12.4. The van der Waals surface area contributed by atoms with Crippen molar-refractivity contribution in [3.8, 4) is 0 Å². The Morgan fingerprint density at radius 1 is 0.900 bits per heavy atom. The van der Waals surface area contributed by atoms with Crippen LogP contribution in [0.1, 0.15) is 0 Å². The number of hydrogen-bond donors (Lipinski definition) is 0. The Morgan fingerprint density at radius 3 is 1.90 bits per heavy atom. The molecule has 0 heterocycles. The van der Waals surface area contributed by atoms with Gasteiger partial charge in [-0.2, -0.15) is 0 Å². The van der Waals surface area contributed by atoms with E-state index in [2.05, 4.69) is 0 Å². The first-order valence-electron chi connectivity index (χ1n) is 2.72. The Morgan fingerprint density at radius 2 is 1.40 bits per heavy atom. The Bertz CT molecular complexity index is 209. The minimum atomic E-state index is -1.13. The smallest absolute Gasteiger partial charge is 0.161 e. The molecular formula is C6H5F3Si. The number of rotatable bonds is 0. The van der Waals surface area contributed by atoms with Gasteiger partial charge in [0, 0.05) is 16.3 Å². The van der Waals surface area contributed by atoms with Gasteiger partial charge in [0.2, 0.25) is 0 Å². The molecule has 0 aromatic heterocycles. The molecule has 0 bridgehead atoms. The predicted molar refractivity (Wildman–Crippen MR) is 35.9 cm³/mol. The van der Waals surface area contributed by atoms with Crippen molar-refractivity contribution in [3.63, 3.8) is 0 Å². The fourth-order valence-corrected chi connectivity index (χ4v) is 1.02. The summed E-state index contributed by atoms with van der Waals surface area (Å²) in [7, 11) is 0.391. The largest absolute Gasteiger partial charge is 0.207 e. The van der Waals surface area contributed by atoms with E-state index in [4.69, 9.17) is 0 Å². The highest BCUT2D eigenvalue weighted by atomic mass is 28.1. The summed E-state index contributed by atoms with van der Waals surface area (Å²) in [6, 6.07) is 1.45. The van der Waals surface area contributed by atoms with Crippen LogP contribution in [0.4, 0.5) is 13.2 Å². The Kier molecular flexibility index (Phi) is 1.80. The maximum absolute atomic E-state index is 12.4. The highest BCUT2D eigenvalue weighted by molar-refractivity contribution is 6.32. The summed E-state index contributed by atoms with van der Waals surface area (Å²) in [6.45, 7) is 0. The topological polar surface area (TPSA) is 0 Å². The zero-order chi connectivity index (χ0) is 7.72. The monoisotopic (exact) mass is 162 g/mol. The van der Waals surface area contributed by atoms with Crippen LogP contribution in [0.3, 0.4) is 0 Å². The minimum Gasteiger partial charge on any atom is -0.207 e. The maximum Gasteiger partial charge on any atom is 0.161 e. The third-order valence-electron chi connectivity index (χ3n) is 1.20. The molecule has 10 heavy (non-hydrogen) atoms. The lowest BCUT2D eigenvalue weighted by molar-refractivity contribution is 0.497. The van der Waals surface area contributed by atoms with Gasteiger partial charge >= 0.3 is 0 Å². The van der Waals surface area contributed by atoms with E-state index in [1.54, 1.807) is 0 Å². The molecule has 0 saturated heterocycles. The molecule has 0 aliphatic heterocycles. The lowest BCUT2D eigenvalue weighted by atomic mass is 10.3. The zero-order valence-electron chi connectivity index (χ0n) is 5.29. The average molecular weight is 162 g/mol. The third kappa shape index (κ3) is 1.21. The molecular weight excluding hydrogens is 157 g/mol. The van der Waals surface area contributed by atoms with Crippen molar-refractivity contribution in [2.45, 2.75) is 0 Å². The third-order valence-corrected chi connectivity index (χ3v) is 1.97. The van der Waals surface area contributed by atoms with Crippen molar-refractivity contribution in [2.75, 3.05) is 0 Å². The second-order valence-corrected chi connectivity index (χ2v) is 3.09. The molecule has 0 nitrogen and oxygen atoms in total. The molecule has 0 atom stereocenters. The van der Waals surface area contributed by atoms with Gasteiger partial charge in [-0.3, -0.25) is 0 Å².